The second-order valence-electron chi connectivity index (χ2n) is 7.73. The first kappa shape index (κ1) is 22.4. The van der Waals surface area contributed by atoms with E-state index in [0.717, 1.165) is 0 Å². The van der Waals surface area contributed by atoms with Crippen LogP contribution >= 0.6 is 0 Å². The summed E-state index contributed by atoms with van der Waals surface area (Å²) >= 11 is 0. The van der Waals surface area contributed by atoms with Crippen LogP contribution in [0.15, 0.2) is 40.1 Å². The zero-order chi connectivity index (χ0) is 24.1. The van der Waals surface area contributed by atoms with E-state index in [9.17, 15) is 16.8 Å². The lowest BCUT2D eigenvalue weighted by molar-refractivity contribution is 0.555. The summed E-state index contributed by atoms with van der Waals surface area (Å²) in [5, 5.41) is 22.2. The number of hydrogen-bond acceptors (Lipinski definition) is 10. The van der Waals surface area contributed by atoms with Gasteiger partial charge in [0.15, 0.2) is 5.95 Å². The third kappa shape index (κ3) is 3.90. The summed E-state index contributed by atoms with van der Waals surface area (Å²) in [6.45, 7) is 1.06. The maximum Gasteiger partial charge on any atom is 0.242 e. The van der Waals surface area contributed by atoms with Gasteiger partial charge in [0.2, 0.25) is 25.9 Å². The quantitative estimate of drug-likeness (QED) is 0.193. The molecule has 3 heterocycles. The van der Waals surface area contributed by atoms with Gasteiger partial charge in [0.1, 0.15) is 9.79 Å². The third-order valence-electron chi connectivity index (χ3n) is 5.47. The normalized spacial score (nSPS) is 16.9. The fraction of sp³-hybridized carbons (Fsp3) is 0.222. The van der Waals surface area contributed by atoms with Crippen LogP contribution in [0.2, 0.25) is 0 Å². The SMILES string of the molecule is Nc1nc2c(-c3ccc(S(=O)(=O)N[C@@H]4CCNC4)c(S(N)(=O)=O)c3-c3nn[nH]n3)cccc2[nH]1. The van der Waals surface area contributed by atoms with Crippen LogP contribution in [-0.4, -0.2) is 66.6 Å². The number of nitrogen functional groups attached to an aromatic ring is 1. The Labute approximate surface area is 193 Å². The molecule has 1 aliphatic heterocycles. The summed E-state index contributed by atoms with van der Waals surface area (Å²) in [6.07, 6.45) is 0.558. The van der Waals surface area contributed by atoms with Gasteiger partial charge in [0.25, 0.3) is 0 Å². The van der Waals surface area contributed by atoms with Gasteiger partial charge in [-0.15, -0.1) is 10.2 Å². The number of primary sulfonamides is 1. The van der Waals surface area contributed by atoms with Gasteiger partial charge >= 0.3 is 0 Å². The number of para-hydroxylation sites is 1. The van der Waals surface area contributed by atoms with Gasteiger partial charge in [0.05, 0.1) is 16.6 Å². The number of imidazole rings is 1. The molecule has 0 radical (unpaired) electrons. The highest BCUT2D eigenvalue weighted by Gasteiger charge is 2.34. The van der Waals surface area contributed by atoms with Crippen LogP contribution in [0.1, 0.15) is 6.42 Å². The maximum atomic E-state index is 13.3. The van der Waals surface area contributed by atoms with E-state index in [0.29, 0.717) is 36.1 Å². The molecule has 5 rings (SSSR count). The molecule has 1 atom stereocenters. The summed E-state index contributed by atoms with van der Waals surface area (Å²) in [4.78, 5) is 6.03. The van der Waals surface area contributed by atoms with Gasteiger partial charge in [-0.3, -0.25) is 0 Å². The number of anilines is 1. The number of nitrogens with one attached hydrogen (secondary N) is 4. The van der Waals surface area contributed by atoms with Gasteiger partial charge in [-0.2, -0.15) is 5.21 Å². The molecule has 0 aliphatic carbocycles. The summed E-state index contributed by atoms with van der Waals surface area (Å²) in [5.41, 5.74) is 7.47. The summed E-state index contributed by atoms with van der Waals surface area (Å²) in [5.74, 6) is 0.00270. The van der Waals surface area contributed by atoms with Crippen molar-refractivity contribution >= 4 is 37.0 Å². The Morgan fingerprint density at radius 1 is 1.09 bits per heavy atom. The molecule has 0 unspecified atom stereocenters. The molecule has 14 nitrogen and oxygen atoms in total. The summed E-state index contributed by atoms with van der Waals surface area (Å²) in [6, 6.07) is 7.40. The van der Waals surface area contributed by atoms with Crippen molar-refractivity contribution in [2.24, 2.45) is 5.14 Å². The first-order valence-electron chi connectivity index (χ1n) is 10.1. The number of sulfonamides is 2. The minimum Gasteiger partial charge on any atom is -0.369 e. The van der Waals surface area contributed by atoms with Crippen LogP contribution in [0.3, 0.4) is 0 Å². The molecule has 1 aliphatic rings. The number of benzene rings is 2. The largest absolute Gasteiger partial charge is 0.369 e. The topological polar surface area (TPSA) is 228 Å². The van der Waals surface area contributed by atoms with Gasteiger partial charge in [0, 0.05) is 18.2 Å². The molecule has 0 amide bonds. The number of hydrogen-bond donors (Lipinski definition) is 6. The first-order valence-corrected chi connectivity index (χ1v) is 13.1. The van der Waals surface area contributed by atoms with E-state index in [4.69, 9.17) is 10.9 Å². The van der Waals surface area contributed by atoms with Crippen LogP contribution in [0.5, 0.6) is 0 Å². The molecule has 1 saturated heterocycles. The van der Waals surface area contributed by atoms with Gasteiger partial charge in [-0.05, 0) is 35.9 Å². The lowest BCUT2D eigenvalue weighted by atomic mass is 9.98. The molecule has 8 N–H and O–H groups in total. The molecule has 2 aromatic carbocycles. The lowest BCUT2D eigenvalue weighted by Gasteiger charge is -2.18. The summed E-state index contributed by atoms with van der Waals surface area (Å²) in [7, 11) is -8.88. The molecular formula is C18H20N10O4S2. The Balaban J connectivity index is 1.83. The first-order chi connectivity index (χ1) is 16.1. The number of rotatable bonds is 6. The highest BCUT2D eigenvalue weighted by atomic mass is 32.2. The number of H-pyrrole nitrogens is 2. The number of nitrogens with two attached hydrogens (primary N) is 2. The Bertz CT molecular complexity index is 1590. The Morgan fingerprint density at radius 2 is 1.91 bits per heavy atom. The zero-order valence-electron chi connectivity index (χ0n) is 17.5. The van der Waals surface area contributed by atoms with Crippen molar-refractivity contribution in [3.63, 3.8) is 0 Å². The van der Waals surface area contributed by atoms with E-state index < -0.39 is 35.9 Å². The number of nitrogens with zero attached hydrogens (tertiary/aromatic N) is 4. The third-order valence-corrected chi connectivity index (χ3v) is 8.15. The van der Waals surface area contributed by atoms with Crippen molar-refractivity contribution in [2.75, 3.05) is 18.8 Å². The molecule has 1 fully saturated rings. The van der Waals surface area contributed by atoms with Crippen LogP contribution in [0, 0.1) is 0 Å². The minimum atomic E-state index is -4.59. The zero-order valence-corrected chi connectivity index (χ0v) is 19.1. The summed E-state index contributed by atoms with van der Waals surface area (Å²) < 4.78 is 54.8. The molecule has 16 heteroatoms. The number of fused-ring (bicyclic) bond motifs is 1. The molecule has 0 saturated carbocycles. The van der Waals surface area contributed by atoms with Crippen molar-refractivity contribution < 1.29 is 16.8 Å². The van der Waals surface area contributed by atoms with Gasteiger partial charge < -0.3 is 16.0 Å². The highest BCUT2D eigenvalue weighted by Crippen LogP contribution is 2.40. The average molecular weight is 505 g/mol. The standard InChI is InChI=1S/C18H20N10O4S2/c19-18-22-12-3-1-2-11(15(12)23-18)10-4-5-13(34(31,32)26-9-6-7-21-8-9)16(33(20,29)30)14(10)17-24-27-28-25-17/h1-5,9,21,26H,6-8H2,(H3,19,22,23)(H2,20,29,30)(H,24,25,27,28)/t9-/m1/s1. The van der Waals surface area contributed by atoms with Gasteiger partial charge in [-0.25, -0.2) is 31.7 Å². The van der Waals surface area contributed by atoms with Crippen molar-refractivity contribution in [1.82, 2.24) is 40.6 Å². The van der Waals surface area contributed by atoms with Gasteiger partial charge in [-0.1, -0.05) is 18.2 Å². The van der Waals surface area contributed by atoms with E-state index in [-0.39, 0.29) is 22.9 Å². The number of aromatic nitrogens is 6. The molecule has 178 valence electrons. The van der Waals surface area contributed by atoms with Crippen molar-refractivity contribution in [3.05, 3.63) is 30.3 Å². The van der Waals surface area contributed by atoms with E-state index in [1.54, 1.807) is 18.2 Å². The van der Waals surface area contributed by atoms with E-state index in [1.165, 1.54) is 12.1 Å². The predicted octanol–water partition coefficient (Wildman–Crippen LogP) is -0.720. The number of tetrazole rings is 1. The predicted molar refractivity (Wildman–Crippen MR) is 122 cm³/mol. The average Bonchev–Trinajstić information content (AvgIpc) is 3.53. The number of aromatic amines is 2. The monoisotopic (exact) mass is 504 g/mol. The van der Waals surface area contributed by atoms with Crippen molar-refractivity contribution in [3.8, 4) is 22.5 Å². The van der Waals surface area contributed by atoms with E-state index in [1.807, 2.05) is 0 Å². The molecule has 34 heavy (non-hydrogen) atoms. The highest BCUT2D eigenvalue weighted by molar-refractivity contribution is 7.92. The minimum absolute atomic E-state index is 0.127. The second-order valence-corrected chi connectivity index (χ2v) is 10.9. The molecular weight excluding hydrogens is 484 g/mol. The van der Waals surface area contributed by atoms with Crippen LogP contribution in [-0.2, 0) is 20.0 Å². The molecule has 0 bridgehead atoms. The molecule has 4 aromatic rings. The van der Waals surface area contributed by atoms with Crippen LogP contribution < -0.4 is 20.9 Å². The molecule has 2 aromatic heterocycles. The maximum absolute atomic E-state index is 13.3. The lowest BCUT2D eigenvalue weighted by Crippen LogP contribution is -2.37. The van der Waals surface area contributed by atoms with E-state index in [2.05, 4.69) is 40.6 Å². The van der Waals surface area contributed by atoms with E-state index >= 15 is 0 Å². The second kappa shape index (κ2) is 8.10. The Hall–Kier alpha value is -3.44. The molecule has 0 spiro atoms. The Morgan fingerprint density at radius 3 is 2.59 bits per heavy atom. The smallest absolute Gasteiger partial charge is 0.242 e. The fourth-order valence-electron chi connectivity index (χ4n) is 4.08. The van der Waals surface area contributed by atoms with Crippen molar-refractivity contribution in [2.45, 2.75) is 22.3 Å². The van der Waals surface area contributed by atoms with Crippen LogP contribution in [0.4, 0.5) is 5.95 Å². The van der Waals surface area contributed by atoms with Crippen LogP contribution in [0.25, 0.3) is 33.5 Å². The fourth-order valence-corrected chi connectivity index (χ4v) is 6.95. The van der Waals surface area contributed by atoms with Crippen molar-refractivity contribution in [1.29, 1.82) is 0 Å². The Kier molecular flexibility index (Phi) is 5.33.